The fraction of sp³-hybridized carbons (Fsp3) is 0.125. The monoisotopic (exact) mass is 284 g/mol. The first-order valence-corrected chi connectivity index (χ1v) is 6.43. The zero-order valence-corrected chi connectivity index (χ0v) is 11.3. The summed E-state index contributed by atoms with van der Waals surface area (Å²) in [5.74, 6) is 0.0245. The lowest BCUT2D eigenvalue weighted by molar-refractivity contribution is -0.384. The number of nitrogens with zero attached hydrogens (tertiary/aromatic N) is 1. The smallest absolute Gasteiger partial charge is 0.270 e. The predicted octanol–water partition coefficient (Wildman–Crippen LogP) is 3.43. The van der Waals surface area contributed by atoms with E-state index >= 15 is 0 Å². The number of non-ortho nitro benzene ring substituents is 1. The number of carbonyl (C=O) groups excluding carboxylic acids is 1. The minimum absolute atomic E-state index is 0.142. The maximum atomic E-state index is 12.5. The molecule has 0 unspecified atom stereocenters. The van der Waals surface area contributed by atoms with Gasteiger partial charge in [-0.3, -0.25) is 14.9 Å². The summed E-state index contributed by atoms with van der Waals surface area (Å²) in [4.78, 5) is 22.8. The number of benzene rings is 2. The van der Waals surface area contributed by atoms with Crippen LogP contribution in [0.1, 0.15) is 22.3 Å². The number of carbonyl (C=O) groups is 1. The molecule has 0 atom stereocenters. The van der Waals surface area contributed by atoms with Gasteiger partial charge in [-0.15, -0.1) is 0 Å². The third kappa shape index (κ3) is 3.45. The molecule has 2 aromatic rings. The van der Waals surface area contributed by atoms with E-state index in [1.807, 2.05) is 0 Å². The molecule has 0 N–H and O–H groups in total. The summed E-state index contributed by atoms with van der Waals surface area (Å²) >= 11 is 0. The molecule has 0 aromatic heterocycles. The van der Waals surface area contributed by atoms with Crippen molar-refractivity contribution in [3.63, 3.8) is 0 Å². The molecule has 0 aliphatic rings. The van der Waals surface area contributed by atoms with Crippen LogP contribution in [0, 0.1) is 17.0 Å². The van der Waals surface area contributed by atoms with Crippen LogP contribution in [0.15, 0.2) is 48.5 Å². The summed E-state index contributed by atoms with van der Waals surface area (Å²) in [6.45, 7) is 4.00. The molecule has 0 aliphatic carbocycles. The third-order valence-corrected chi connectivity index (χ3v) is 2.86. The Morgan fingerprint density at radius 2 is 1.90 bits per heavy atom. The second-order valence-corrected chi connectivity index (χ2v) is 4.33. The lowest BCUT2D eigenvalue weighted by atomic mass is 10.0. The molecule has 2 aromatic carbocycles. The van der Waals surface area contributed by atoms with E-state index in [2.05, 4.69) is 6.92 Å². The van der Waals surface area contributed by atoms with Gasteiger partial charge >= 0.3 is 0 Å². The molecule has 0 amide bonds. The molecule has 107 valence electrons. The van der Waals surface area contributed by atoms with Gasteiger partial charge in [0.1, 0.15) is 5.75 Å². The molecule has 1 radical (unpaired) electrons. The van der Waals surface area contributed by atoms with Gasteiger partial charge in [0.15, 0.2) is 5.78 Å². The van der Waals surface area contributed by atoms with Crippen molar-refractivity contribution in [1.29, 1.82) is 0 Å². The Bertz CT molecular complexity index is 653. The van der Waals surface area contributed by atoms with Crippen molar-refractivity contribution in [2.45, 2.75) is 6.42 Å². The highest BCUT2D eigenvalue weighted by atomic mass is 16.6. The highest BCUT2D eigenvalue weighted by Crippen LogP contribution is 2.26. The van der Waals surface area contributed by atoms with Gasteiger partial charge in [0.2, 0.25) is 0 Å². The number of ketones is 1. The first-order chi connectivity index (χ1) is 10.1. The zero-order valence-electron chi connectivity index (χ0n) is 11.3. The Morgan fingerprint density at radius 1 is 1.19 bits per heavy atom. The highest BCUT2D eigenvalue weighted by Gasteiger charge is 2.19. The van der Waals surface area contributed by atoms with E-state index in [1.54, 1.807) is 30.3 Å². The topological polar surface area (TPSA) is 69.4 Å². The van der Waals surface area contributed by atoms with Gasteiger partial charge in [0, 0.05) is 17.7 Å². The predicted molar refractivity (Wildman–Crippen MR) is 78.4 cm³/mol. The van der Waals surface area contributed by atoms with Crippen molar-refractivity contribution in [3.05, 3.63) is 76.7 Å². The van der Waals surface area contributed by atoms with Gasteiger partial charge in [0.25, 0.3) is 5.69 Å². The van der Waals surface area contributed by atoms with E-state index in [1.165, 1.54) is 18.2 Å². The van der Waals surface area contributed by atoms with Crippen LogP contribution in [-0.4, -0.2) is 17.3 Å². The fourth-order valence-corrected chi connectivity index (χ4v) is 1.86. The van der Waals surface area contributed by atoms with E-state index in [0.29, 0.717) is 24.3 Å². The maximum Gasteiger partial charge on any atom is 0.270 e. The van der Waals surface area contributed by atoms with Crippen LogP contribution >= 0.6 is 0 Å². The molecular weight excluding hydrogens is 270 g/mol. The number of nitro groups is 1. The van der Waals surface area contributed by atoms with Crippen molar-refractivity contribution < 1.29 is 14.5 Å². The summed E-state index contributed by atoms with van der Waals surface area (Å²) in [6.07, 6.45) is 0.538. The zero-order chi connectivity index (χ0) is 15.2. The lowest BCUT2D eigenvalue weighted by Gasteiger charge is -2.10. The Labute approximate surface area is 122 Å². The normalized spacial score (nSPS) is 10.1. The molecule has 0 bridgehead atoms. The van der Waals surface area contributed by atoms with Crippen LogP contribution in [0.4, 0.5) is 5.69 Å². The quantitative estimate of drug-likeness (QED) is 0.463. The number of ether oxygens (including phenoxy) is 1. The standard InChI is InChI=1S/C16H14NO4/c1-2-10-21-15-9-8-13(17(19)20)11-14(15)16(18)12-6-4-3-5-7-12/h3-9,11H,1-2,10H2. The van der Waals surface area contributed by atoms with Crippen LogP contribution < -0.4 is 4.74 Å². The first-order valence-electron chi connectivity index (χ1n) is 6.43. The van der Waals surface area contributed by atoms with E-state index in [-0.39, 0.29) is 17.0 Å². The van der Waals surface area contributed by atoms with E-state index in [4.69, 9.17) is 4.74 Å². The third-order valence-electron chi connectivity index (χ3n) is 2.86. The van der Waals surface area contributed by atoms with Crippen LogP contribution in [0.3, 0.4) is 0 Å². The molecule has 0 heterocycles. The Balaban J connectivity index is 2.45. The van der Waals surface area contributed by atoms with Crippen molar-refractivity contribution >= 4 is 11.5 Å². The van der Waals surface area contributed by atoms with Crippen LogP contribution in [0.5, 0.6) is 5.75 Å². The van der Waals surface area contributed by atoms with Crippen molar-refractivity contribution in [2.24, 2.45) is 0 Å². The number of rotatable bonds is 6. The molecule has 21 heavy (non-hydrogen) atoms. The molecule has 2 rings (SSSR count). The Hall–Kier alpha value is -2.69. The minimum Gasteiger partial charge on any atom is -0.493 e. The van der Waals surface area contributed by atoms with Gasteiger partial charge in [-0.2, -0.15) is 0 Å². The number of nitro benzene ring substituents is 1. The summed E-state index contributed by atoms with van der Waals surface area (Å²) in [5, 5.41) is 10.9. The van der Waals surface area contributed by atoms with Crippen molar-refractivity contribution in [2.75, 3.05) is 6.61 Å². The molecule has 5 nitrogen and oxygen atoms in total. The van der Waals surface area contributed by atoms with Gasteiger partial charge in [0.05, 0.1) is 17.1 Å². The SMILES string of the molecule is [CH2]CCOc1ccc([N+](=O)[O-])cc1C(=O)c1ccccc1. The van der Waals surface area contributed by atoms with Gasteiger partial charge in [-0.05, 0) is 19.4 Å². The first kappa shape index (κ1) is 14.7. The van der Waals surface area contributed by atoms with Crippen LogP contribution in [0.25, 0.3) is 0 Å². The Kier molecular flexibility index (Phi) is 4.66. The molecule has 0 saturated heterocycles. The molecule has 0 spiro atoms. The lowest BCUT2D eigenvalue weighted by Crippen LogP contribution is -2.07. The average Bonchev–Trinajstić information content (AvgIpc) is 2.52. The van der Waals surface area contributed by atoms with Gasteiger partial charge in [-0.1, -0.05) is 30.3 Å². The van der Waals surface area contributed by atoms with E-state index in [0.717, 1.165) is 0 Å². The largest absolute Gasteiger partial charge is 0.493 e. The molecule has 0 fully saturated rings. The highest BCUT2D eigenvalue weighted by molar-refractivity contribution is 6.11. The summed E-state index contributed by atoms with van der Waals surface area (Å²) < 4.78 is 5.46. The number of hydrogen-bond acceptors (Lipinski definition) is 4. The molecule has 0 saturated carbocycles. The molecule has 5 heteroatoms. The van der Waals surface area contributed by atoms with Gasteiger partial charge < -0.3 is 4.74 Å². The Morgan fingerprint density at radius 3 is 2.52 bits per heavy atom. The van der Waals surface area contributed by atoms with Crippen molar-refractivity contribution in [3.8, 4) is 5.75 Å². The minimum atomic E-state index is -0.535. The summed E-state index contributed by atoms with van der Waals surface area (Å²) in [7, 11) is 0. The van der Waals surface area contributed by atoms with E-state index < -0.39 is 4.92 Å². The number of hydrogen-bond donors (Lipinski definition) is 0. The van der Waals surface area contributed by atoms with Crippen LogP contribution in [0.2, 0.25) is 0 Å². The second-order valence-electron chi connectivity index (χ2n) is 4.33. The average molecular weight is 284 g/mol. The second kappa shape index (κ2) is 6.65. The van der Waals surface area contributed by atoms with Gasteiger partial charge in [-0.25, -0.2) is 0 Å². The summed E-state index contributed by atoms with van der Waals surface area (Å²) in [5.41, 5.74) is 0.498. The fourth-order valence-electron chi connectivity index (χ4n) is 1.86. The maximum absolute atomic E-state index is 12.5. The molecular formula is C16H14NO4. The van der Waals surface area contributed by atoms with Crippen LogP contribution in [-0.2, 0) is 0 Å². The van der Waals surface area contributed by atoms with Crippen molar-refractivity contribution in [1.82, 2.24) is 0 Å². The molecule has 0 aliphatic heterocycles. The summed E-state index contributed by atoms with van der Waals surface area (Å²) in [6, 6.07) is 12.6. The van der Waals surface area contributed by atoms with E-state index in [9.17, 15) is 14.9 Å².